The van der Waals surface area contributed by atoms with E-state index in [-0.39, 0.29) is 6.03 Å². The Kier molecular flexibility index (Phi) is 3.84. The van der Waals surface area contributed by atoms with Crippen LogP contribution in [0.4, 0.5) is 10.5 Å². The number of anilines is 1. The molecule has 0 aliphatic heterocycles. The van der Waals surface area contributed by atoms with Gasteiger partial charge in [0.25, 0.3) is 0 Å². The van der Waals surface area contributed by atoms with Crippen LogP contribution in [0, 0.1) is 0 Å². The highest BCUT2D eigenvalue weighted by atomic mass is 35.5. The van der Waals surface area contributed by atoms with Gasteiger partial charge in [-0.05, 0) is 30.3 Å². The number of amides is 2. The molecule has 0 saturated heterocycles. The first-order valence-corrected chi connectivity index (χ1v) is 5.80. The monoisotopic (exact) mass is 264 g/mol. The van der Waals surface area contributed by atoms with Crippen molar-refractivity contribution in [2.24, 2.45) is 7.05 Å². The Morgan fingerprint density at radius 1 is 1.33 bits per heavy atom. The molecule has 2 aromatic rings. The molecule has 0 spiro atoms. The third kappa shape index (κ3) is 3.49. The molecule has 0 fully saturated rings. The van der Waals surface area contributed by atoms with Crippen molar-refractivity contribution in [2.45, 2.75) is 6.54 Å². The van der Waals surface area contributed by atoms with Crippen LogP contribution in [-0.4, -0.2) is 15.8 Å². The van der Waals surface area contributed by atoms with E-state index in [2.05, 4.69) is 15.7 Å². The van der Waals surface area contributed by atoms with E-state index < -0.39 is 0 Å². The Bertz CT molecular complexity index is 535. The van der Waals surface area contributed by atoms with Crippen molar-refractivity contribution < 1.29 is 4.79 Å². The number of aryl methyl sites for hydroxylation is 1. The van der Waals surface area contributed by atoms with E-state index in [1.54, 1.807) is 28.9 Å². The Morgan fingerprint density at radius 3 is 2.67 bits per heavy atom. The van der Waals surface area contributed by atoms with E-state index in [0.29, 0.717) is 17.3 Å². The van der Waals surface area contributed by atoms with Gasteiger partial charge >= 0.3 is 6.03 Å². The lowest BCUT2D eigenvalue weighted by atomic mass is 10.3. The average molecular weight is 265 g/mol. The molecule has 94 valence electrons. The summed E-state index contributed by atoms with van der Waals surface area (Å²) in [5, 5.41) is 10.2. The molecule has 0 aliphatic rings. The zero-order valence-corrected chi connectivity index (χ0v) is 10.6. The highest BCUT2D eigenvalue weighted by molar-refractivity contribution is 6.30. The molecular formula is C12H13ClN4O. The van der Waals surface area contributed by atoms with Crippen molar-refractivity contribution in [2.75, 3.05) is 5.32 Å². The summed E-state index contributed by atoms with van der Waals surface area (Å²) in [5.74, 6) is 0. The van der Waals surface area contributed by atoms with Crippen LogP contribution in [0.15, 0.2) is 36.5 Å². The number of aromatic nitrogens is 2. The maximum absolute atomic E-state index is 11.6. The molecule has 2 N–H and O–H groups in total. The Labute approximate surface area is 110 Å². The molecule has 18 heavy (non-hydrogen) atoms. The molecule has 0 aliphatic carbocycles. The summed E-state index contributed by atoms with van der Waals surface area (Å²) in [7, 11) is 1.83. The van der Waals surface area contributed by atoms with Crippen molar-refractivity contribution in [3.05, 3.63) is 47.2 Å². The van der Waals surface area contributed by atoms with Crippen molar-refractivity contribution in [3.8, 4) is 0 Å². The predicted molar refractivity (Wildman–Crippen MR) is 70.5 cm³/mol. The van der Waals surface area contributed by atoms with Crippen LogP contribution in [0.1, 0.15) is 5.69 Å². The van der Waals surface area contributed by atoms with Gasteiger partial charge in [-0.2, -0.15) is 5.10 Å². The minimum Gasteiger partial charge on any atom is -0.332 e. The summed E-state index contributed by atoms with van der Waals surface area (Å²) in [6.45, 7) is 0.389. The summed E-state index contributed by atoms with van der Waals surface area (Å²) in [6, 6.07) is 8.49. The van der Waals surface area contributed by atoms with Gasteiger partial charge in [0.1, 0.15) is 0 Å². The lowest BCUT2D eigenvalue weighted by Gasteiger charge is -2.06. The maximum atomic E-state index is 11.6. The van der Waals surface area contributed by atoms with Crippen LogP contribution in [0.2, 0.25) is 5.02 Å². The fraction of sp³-hybridized carbons (Fsp3) is 0.167. The van der Waals surface area contributed by atoms with E-state index in [1.165, 1.54) is 0 Å². The lowest BCUT2D eigenvalue weighted by molar-refractivity contribution is 0.251. The molecule has 1 heterocycles. The lowest BCUT2D eigenvalue weighted by Crippen LogP contribution is -2.28. The highest BCUT2D eigenvalue weighted by Gasteiger charge is 2.02. The van der Waals surface area contributed by atoms with Gasteiger partial charge in [0.05, 0.1) is 12.2 Å². The van der Waals surface area contributed by atoms with E-state index in [0.717, 1.165) is 5.69 Å². The highest BCUT2D eigenvalue weighted by Crippen LogP contribution is 2.13. The Morgan fingerprint density at radius 2 is 2.06 bits per heavy atom. The van der Waals surface area contributed by atoms with Gasteiger partial charge in [0, 0.05) is 24.0 Å². The summed E-state index contributed by atoms with van der Waals surface area (Å²) in [6.07, 6.45) is 1.83. The minimum absolute atomic E-state index is 0.275. The summed E-state index contributed by atoms with van der Waals surface area (Å²) in [5.41, 5.74) is 1.50. The van der Waals surface area contributed by atoms with Crippen LogP contribution in [0.3, 0.4) is 0 Å². The largest absolute Gasteiger partial charge is 0.332 e. The maximum Gasteiger partial charge on any atom is 0.319 e. The summed E-state index contributed by atoms with van der Waals surface area (Å²) < 4.78 is 1.69. The number of nitrogens with zero attached hydrogens (tertiary/aromatic N) is 2. The van der Waals surface area contributed by atoms with Crippen molar-refractivity contribution in [3.63, 3.8) is 0 Å². The number of halogens is 1. The number of rotatable bonds is 3. The molecule has 0 radical (unpaired) electrons. The number of nitrogens with one attached hydrogen (secondary N) is 2. The molecule has 0 unspecified atom stereocenters. The topological polar surface area (TPSA) is 59.0 Å². The molecule has 6 heteroatoms. The van der Waals surface area contributed by atoms with Crippen LogP contribution < -0.4 is 10.6 Å². The molecule has 1 aromatic heterocycles. The number of carbonyl (C=O) groups excluding carboxylic acids is 1. The normalized spacial score (nSPS) is 10.1. The Hall–Kier alpha value is -2.01. The summed E-state index contributed by atoms with van der Waals surface area (Å²) in [4.78, 5) is 11.6. The van der Waals surface area contributed by atoms with Gasteiger partial charge in [0.15, 0.2) is 0 Å². The zero-order valence-electron chi connectivity index (χ0n) is 9.85. The first kappa shape index (κ1) is 12.4. The number of hydrogen-bond donors (Lipinski definition) is 2. The third-order valence-corrected chi connectivity index (χ3v) is 2.55. The third-order valence-electron chi connectivity index (χ3n) is 2.30. The minimum atomic E-state index is -0.275. The first-order valence-electron chi connectivity index (χ1n) is 5.42. The van der Waals surface area contributed by atoms with E-state index in [9.17, 15) is 4.79 Å². The second kappa shape index (κ2) is 5.55. The van der Waals surface area contributed by atoms with E-state index in [4.69, 9.17) is 11.6 Å². The first-order chi connectivity index (χ1) is 8.63. The van der Waals surface area contributed by atoms with Crippen LogP contribution in [-0.2, 0) is 13.6 Å². The van der Waals surface area contributed by atoms with E-state index in [1.807, 2.05) is 19.3 Å². The van der Waals surface area contributed by atoms with Gasteiger partial charge in [-0.1, -0.05) is 11.6 Å². The van der Waals surface area contributed by atoms with Gasteiger partial charge in [-0.25, -0.2) is 4.79 Å². The smallest absolute Gasteiger partial charge is 0.319 e. The second-order valence-corrected chi connectivity index (χ2v) is 4.23. The fourth-order valence-electron chi connectivity index (χ4n) is 1.44. The van der Waals surface area contributed by atoms with Crippen molar-refractivity contribution >= 4 is 23.3 Å². The van der Waals surface area contributed by atoms with Gasteiger partial charge in [0.2, 0.25) is 0 Å². The molecule has 0 saturated carbocycles. The number of hydrogen-bond acceptors (Lipinski definition) is 2. The molecule has 0 atom stereocenters. The molecule has 5 nitrogen and oxygen atoms in total. The quantitative estimate of drug-likeness (QED) is 0.894. The second-order valence-electron chi connectivity index (χ2n) is 3.80. The fourth-order valence-corrected chi connectivity index (χ4v) is 1.56. The van der Waals surface area contributed by atoms with Gasteiger partial charge < -0.3 is 10.6 Å². The van der Waals surface area contributed by atoms with Crippen molar-refractivity contribution in [1.82, 2.24) is 15.1 Å². The van der Waals surface area contributed by atoms with Gasteiger partial charge in [-0.3, -0.25) is 4.68 Å². The van der Waals surface area contributed by atoms with E-state index >= 15 is 0 Å². The number of carbonyl (C=O) groups is 1. The van der Waals surface area contributed by atoms with Gasteiger partial charge in [-0.15, -0.1) is 0 Å². The molecule has 1 aromatic carbocycles. The summed E-state index contributed by atoms with van der Waals surface area (Å²) >= 11 is 5.75. The van der Waals surface area contributed by atoms with Crippen LogP contribution in [0.5, 0.6) is 0 Å². The van der Waals surface area contributed by atoms with Crippen molar-refractivity contribution in [1.29, 1.82) is 0 Å². The molecule has 2 amide bonds. The predicted octanol–water partition coefficient (Wildman–Crippen LogP) is 2.40. The Balaban J connectivity index is 1.83. The zero-order chi connectivity index (χ0) is 13.0. The average Bonchev–Trinajstić information content (AvgIpc) is 2.76. The van der Waals surface area contributed by atoms with Crippen LogP contribution in [0.25, 0.3) is 0 Å². The number of benzene rings is 1. The molecular weight excluding hydrogens is 252 g/mol. The SMILES string of the molecule is Cn1ccc(CNC(=O)Nc2ccc(Cl)cc2)n1. The molecule has 2 rings (SSSR count). The standard InChI is InChI=1S/C12H13ClN4O/c1-17-7-6-11(16-17)8-14-12(18)15-10-4-2-9(13)3-5-10/h2-7H,8H2,1H3,(H2,14,15,18). The number of urea groups is 1. The van der Waals surface area contributed by atoms with Crippen LogP contribution >= 0.6 is 11.6 Å². The molecule has 0 bridgehead atoms.